The molecule has 1 atom stereocenters. The lowest BCUT2D eigenvalue weighted by atomic mass is 9.71. The van der Waals surface area contributed by atoms with Crippen LogP contribution in [0.25, 0.3) is 6.08 Å². The predicted octanol–water partition coefficient (Wildman–Crippen LogP) is 4.43. The number of rotatable bonds is 5. The van der Waals surface area contributed by atoms with Gasteiger partial charge in [0.15, 0.2) is 0 Å². The number of allylic oxidation sites excluding steroid dienone is 2. The molecule has 2 saturated heterocycles. The average Bonchev–Trinajstić information content (AvgIpc) is 3.20. The number of aliphatic hydroxyl groups excluding tert-OH is 1. The first-order valence-electron chi connectivity index (χ1n) is 13.0. The molecule has 1 aliphatic carbocycles. The fourth-order valence-corrected chi connectivity index (χ4v) is 6.48. The number of likely N-dealkylation sites (tertiary alicyclic amines) is 2. The molecule has 2 N–H and O–H groups in total. The summed E-state index contributed by atoms with van der Waals surface area (Å²) in [6.07, 6.45) is 10.2. The van der Waals surface area contributed by atoms with Crippen molar-refractivity contribution in [3.63, 3.8) is 0 Å². The molecule has 0 radical (unpaired) electrons. The molecule has 5 rings (SSSR count). The van der Waals surface area contributed by atoms with Gasteiger partial charge < -0.3 is 20.2 Å². The van der Waals surface area contributed by atoms with Crippen LogP contribution in [0, 0.1) is 23.0 Å². The van der Waals surface area contributed by atoms with E-state index in [1.54, 1.807) is 10.5 Å². The zero-order chi connectivity index (χ0) is 25.3. The molecule has 5 nitrogen and oxygen atoms in total. The molecule has 36 heavy (non-hydrogen) atoms. The average molecular weight is 518 g/mol. The van der Waals surface area contributed by atoms with E-state index in [0.717, 1.165) is 69.3 Å². The third-order valence-corrected chi connectivity index (χ3v) is 8.75. The summed E-state index contributed by atoms with van der Waals surface area (Å²) >= 11 is 6.24. The summed E-state index contributed by atoms with van der Waals surface area (Å²) in [5.74, 6) is -1.34. The van der Waals surface area contributed by atoms with Crippen LogP contribution in [0.4, 0.5) is 8.78 Å². The van der Waals surface area contributed by atoms with Crippen molar-refractivity contribution in [1.82, 2.24) is 15.1 Å². The highest BCUT2D eigenvalue weighted by Gasteiger charge is 2.43. The number of β-amino-alcohol motifs (C(OH)–C–C–N with tert-alkyl or cyclic N) is 1. The molecular weight excluding hydrogens is 484 g/mol. The molecule has 3 heterocycles. The topological polar surface area (TPSA) is 55.8 Å². The van der Waals surface area contributed by atoms with Gasteiger partial charge in [0.1, 0.15) is 11.6 Å². The Hall–Kier alpha value is -2.22. The first-order chi connectivity index (χ1) is 17.3. The van der Waals surface area contributed by atoms with Crippen LogP contribution in [0.1, 0.15) is 44.1 Å². The highest BCUT2D eigenvalue weighted by atomic mass is 35.5. The maximum atomic E-state index is 13.3. The third kappa shape index (κ3) is 5.53. The van der Waals surface area contributed by atoms with Crippen molar-refractivity contribution in [3.8, 4) is 0 Å². The van der Waals surface area contributed by atoms with Gasteiger partial charge in [0.25, 0.3) is 0 Å². The molecule has 3 aliphatic heterocycles. The summed E-state index contributed by atoms with van der Waals surface area (Å²) in [6, 6.07) is 3.19. The van der Waals surface area contributed by atoms with Crippen LogP contribution < -0.4 is 5.32 Å². The van der Waals surface area contributed by atoms with E-state index in [-0.39, 0.29) is 17.2 Å². The van der Waals surface area contributed by atoms with Crippen molar-refractivity contribution >= 4 is 23.6 Å². The first kappa shape index (κ1) is 25.4. The second-order valence-electron chi connectivity index (χ2n) is 10.7. The van der Waals surface area contributed by atoms with Crippen LogP contribution in [0.3, 0.4) is 0 Å². The minimum absolute atomic E-state index is 0.166. The number of nitrogens with one attached hydrogen (secondary N) is 1. The van der Waals surface area contributed by atoms with Crippen LogP contribution in [0.15, 0.2) is 46.7 Å². The molecule has 2 fully saturated rings. The minimum Gasteiger partial charge on any atom is -0.392 e. The number of hydrogen-bond acceptors (Lipinski definition) is 4. The molecule has 1 spiro atoms. The van der Waals surface area contributed by atoms with Crippen molar-refractivity contribution in [2.24, 2.45) is 11.3 Å². The van der Waals surface area contributed by atoms with Crippen LogP contribution in [-0.4, -0.2) is 66.2 Å². The summed E-state index contributed by atoms with van der Waals surface area (Å²) < 4.78 is 26.7. The summed E-state index contributed by atoms with van der Waals surface area (Å²) in [5.41, 5.74) is 3.33. The zero-order valence-corrected chi connectivity index (χ0v) is 21.2. The summed E-state index contributed by atoms with van der Waals surface area (Å²) in [6.45, 7) is 4.77. The minimum atomic E-state index is -0.668. The molecule has 0 unspecified atom stereocenters. The van der Waals surface area contributed by atoms with Crippen molar-refractivity contribution in [1.29, 1.82) is 0 Å². The van der Waals surface area contributed by atoms with Gasteiger partial charge in [0, 0.05) is 54.5 Å². The van der Waals surface area contributed by atoms with E-state index in [1.807, 2.05) is 0 Å². The van der Waals surface area contributed by atoms with E-state index in [1.165, 1.54) is 30.0 Å². The number of amides is 1. The number of nitrogens with zero attached hydrogens (tertiary/aromatic N) is 2. The number of carbonyl (C=O) groups excluding carboxylic acids is 1. The van der Waals surface area contributed by atoms with E-state index >= 15 is 0 Å². The molecule has 0 saturated carbocycles. The third-order valence-electron chi connectivity index (χ3n) is 8.45. The summed E-state index contributed by atoms with van der Waals surface area (Å²) in [7, 11) is 0. The van der Waals surface area contributed by atoms with E-state index in [9.17, 15) is 18.7 Å². The lowest BCUT2D eigenvalue weighted by Crippen LogP contribution is -2.48. The molecule has 1 amide bonds. The van der Waals surface area contributed by atoms with Gasteiger partial charge in [0.05, 0.1) is 6.10 Å². The van der Waals surface area contributed by atoms with Crippen molar-refractivity contribution in [3.05, 3.63) is 63.9 Å². The molecule has 4 aliphatic rings. The van der Waals surface area contributed by atoms with Gasteiger partial charge in [-0.3, -0.25) is 4.79 Å². The lowest BCUT2D eigenvalue weighted by molar-refractivity contribution is -0.128. The van der Waals surface area contributed by atoms with Crippen LogP contribution >= 0.6 is 11.6 Å². The van der Waals surface area contributed by atoms with Gasteiger partial charge in [-0.25, -0.2) is 8.78 Å². The van der Waals surface area contributed by atoms with Gasteiger partial charge in [0.2, 0.25) is 5.91 Å². The number of carbonyl (C=O) groups is 1. The Morgan fingerprint density at radius 3 is 2.53 bits per heavy atom. The van der Waals surface area contributed by atoms with E-state index in [0.29, 0.717) is 25.2 Å². The molecular formula is C28H34ClF2N3O2. The molecule has 1 aromatic rings. The Morgan fingerprint density at radius 1 is 1.14 bits per heavy atom. The fourth-order valence-electron chi connectivity index (χ4n) is 6.28. The van der Waals surface area contributed by atoms with Gasteiger partial charge in [-0.15, -0.1) is 0 Å². The molecule has 0 aromatic heterocycles. The summed E-state index contributed by atoms with van der Waals surface area (Å²) in [5, 5.41) is 15.5. The largest absolute Gasteiger partial charge is 0.392 e. The van der Waals surface area contributed by atoms with Crippen LogP contribution in [0.2, 0.25) is 0 Å². The van der Waals surface area contributed by atoms with Gasteiger partial charge in [-0.05, 0) is 93.0 Å². The van der Waals surface area contributed by atoms with E-state index < -0.39 is 17.7 Å². The number of halogens is 3. The second-order valence-corrected chi connectivity index (χ2v) is 11.2. The van der Waals surface area contributed by atoms with E-state index in [4.69, 9.17) is 11.6 Å². The van der Waals surface area contributed by atoms with Crippen molar-refractivity contribution in [2.45, 2.75) is 44.6 Å². The zero-order valence-electron chi connectivity index (χ0n) is 20.5. The monoisotopic (exact) mass is 517 g/mol. The number of benzene rings is 1. The van der Waals surface area contributed by atoms with Gasteiger partial charge in [-0.2, -0.15) is 0 Å². The smallest absolute Gasteiger partial charge is 0.246 e. The van der Waals surface area contributed by atoms with Gasteiger partial charge >= 0.3 is 0 Å². The van der Waals surface area contributed by atoms with Gasteiger partial charge in [-0.1, -0.05) is 11.6 Å². The lowest BCUT2D eigenvalue weighted by Gasteiger charge is -2.42. The highest BCUT2D eigenvalue weighted by Crippen LogP contribution is 2.47. The Morgan fingerprint density at radius 2 is 1.83 bits per heavy atom. The fraction of sp³-hybridized carbons (Fsp3) is 0.536. The Labute approximate surface area is 216 Å². The number of fused-ring (bicyclic) bond motifs is 1. The Kier molecular flexibility index (Phi) is 7.52. The molecule has 1 aromatic carbocycles. The summed E-state index contributed by atoms with van der Waals surface area (Å²) in [4.78, 5) is 16.7. The molecule has 8 heteroatoms. The van der Waals surface area contributed by atoms with Crippen molar-refractivity contribution in [2.75, 3.05) is 39.3 Å². The number of hydrogen-bond donors (Lipinski definition) is 2. The highest BCUT2D eigenvalue weighted by molar-refractivity contribution is 6.29. The Bertz CT molecular complexity index is 1070. The standard InChI is InChI=1S/C28H34ClF2N3O2/c29-21-2-3-24-25(15-21)32-18-28(24)7-11-33(12-8-28)17-26(35)20-5-9-34(10-6-20)27(36)4-1-19-13-22(30)16-23(31)14-19/h1,4,13-16,20,26,32,35H,2-3,5-12,17-18H2/b4-1+/t26-/m1/s1. The SMILES string of the molecule is O=C(/C=C/c1cc(F)cc(F)c1)N1CCC([C@H](O)CN2CCC3(CC2)CNC2=C3CCC(Cl)=C2)CC1. The van der Waals surface area contributed by atoms with Crippen LogP contribution in [-0.2, 0) is 4.79 Å². The predicted molar refractivity (Wildman–Crippen MR) is 137 cm³/mol. The molecule has 194 valence electrons. The normalized spacial score (nSPS) is 23.7. The van der Waals surface area contributed by atoms with E-state index in [2.05, 4.69) is 16.3 Å². The number of aliphatic hydroxyl groups is 1. The second kappa shape index (κ2) is 10.6. The number of piperidine rings is 2. The van der Waals surface area contributed by atoms with Crippen LogP contribution in [0.5, 0.6) is 0 Å². The first-order valence-corrected chi connectivity index (χ1v) is 13.4. The molecule has 0 bridgehead atoms. The Balaban J connectivity index is 1.07. The van der Waals surface area contributed by atoms with Crippen molar-refractivity contribution < 1.29 is 18.7 Å². The maximum absolute atomic E-state index is 13.3. The quantitative estimate of drug-likeness (QED) is 0.567. The maximum Gasteiger partial charge on any atom is 0.246 e.